The van der Waals surface area contributed by atoms with Crippen LogP contribution in [-0.4, -0.2) is 34.5 Å². The van der Waals surface area contributed by atoms with Crippen molar-refractivity contribution in [3.63, 3.8) is 0 Å². The third-order valence-corrected chi connectivity index (χ3v) is 4.74. The van der Waals surface area contributed by atoms with Crippen LogP contribution >= 0.6 is 0 Å². The Hall–Kier alpha value is -1.85. The normalized spacial score (nSPS) is 29.5. The number of carbonyl (C=O) groups is 2. The van der Waals surface area contributed by atoms with Crippen LogP contribution in [-0.2, 0) is 9.59 Å². The highest BCUT2D eigenvalue weighted by atomic mass is 16.5. The number of fused-ring (bicyclic) bond motifs is 2. The summed E-state index contributed by atoms with van der Waals surface area (Å²) in [4.78, 5) is 26.4. The summed E-state index contributed by atoms with van der Waals surface area (Å²) in [5.74, 6) is -0.229. The van der Waals surface area contributed by atoms with E-state index in [1.54, 1.807) is 17.9 Å². The van der Waals surface area contributed by atoms with Crippen LogP contribution in [0.1, 0.15) is 45.8 Å². The molecule has 22 heavy (non-hydrogen) atoms. The summed E-state index contributed by atoms with van der Waals surface area (Å²) in [7, 11) is 0. The predicted octanol–water partition coefficient (Wildman–Crippen LogP) is 2.35. The first-order valence-electron chi connectivity index (χ1n) is 7.73. The maximum absolute atomic E-state index is 12.5. The number of likely N-dealkylation sites (tertiary alicyclic amines) is 1. The van der Waals surface area contributed by atoms with Gasteiger partial charge < -0.3 is 9.42 Å². The molecule has 0 radical (unpaired) electrons. The van der Waals surface area contributed by atoms with Crippen LogP contribution in [0.15, 0.2) is 10.6 Å². The van der Waals surface area contributed by atoms with Crippen molar-refractivity contribution in [1.29, 1.82) is 0 Å². The standard InChI is InChI=1S/C16H23N3O3/c1-10-5-12(18-22-10)17-13(20)14(21)19-9-16(4)7-11(19)6-15(2,3)8-16/h5,11H,6-9H2,1-4H3,(H,17,18,20). The summed E-state index contributed by atoms with van der Waals surface area (Å²) in [6.45, 7) is 9.09. The molecule has 2 aliphatic rings. The molecule has 0 aromatic carbocycles. The van der Waals surface area contributed by atoms with Crippen LogP contribution in [0.25, 0.3) is 0 Å². The van der Waals surface area contributed by atoms with Gasteiger partial charge in [-0.15, -0.1) is 0 Å². The predicted molar refractivity (Wildman–Crippen MR) is 81.1 cm³/mol. The monoisotopic (exact) mass is 305 g/mol. The van der Waals surface area contributed by atoms with E-state index in [-0.39, 0.29) is 22.7 Å². The van der Waals surface area contributed by atoms with Gasteiger partial charge in [0.1, 0.15) is 5.76 Å². The van der Waals surface area contributed by atoms with E-state index < -0.39 is 11.8 Å². The summed E-state index contributed by atoms with van der Waals surface area (Å²) >= 11 is 0. The molecule has 1 saturated carbocycles. The SMILES string of the molecule is Cc1cc(NC(=O)C(=O)N2CC3(C)CC2CC(C)(C)C3)no1. The van der Waals surface area contributed by atoms with Gasteiger partial charge in [0.15, 0.2) is 5.82 Å². The topological polar surface area (TPSA) is 75.4 Å². The van der Waals surface area contributed by atoms with E-state index in [0.29, 0.717) is 12.3 Å². The molecule has 6 nitrogen and oxygen atoms in total. The number of rotatable bonds is 1. The van der Waals surface area contributed by atoms with E-state index in [1.807, 2.05) is 0 Å². The zero-order valence-corrected chi connectivity index (χ0v) is 13.6. The molecule has 3 rings (SSSR count). The second-order valence-corrected chi connectivity index (χ2v) is 7.92. The zero-order chi connectivity index (χ0) is 16.1. The molecule has 2 fully saturated rings. The number of hydrogen-bond donors (Lipinski definition) is 1. The molecule has 6 heteroatoms. The molecule has 2 amide bonds. The second kappa shape index (κ2) is 4.83. The number of aryl methyl sites for hydroxylation is 1. The van der Waals surface area contributed by atoms with Crippen molar-refractivity contribution < 1.29 is 14.1 Å². The lowest BCUT2D eigenvalue weighted by Crippen LogP contribution is -2.43. The Labute approximate surface area is 130 Å². The molecule has 1 N–H and O–H groups in total. The fourth-order valence-corrected chi connectivity index (χ4v) is 4.42. The van der Waals surface area contributed by atoms with Crippen LogP contribution in [0.4, 0.5) is 5.82 Å². The second-order valence-electron chi connectivity index (χ2n) is 7.92. The van der Waals surface area contributed by atoms with Gasteiger partial charge in [-0.3, -0.25) is 14.9 Å². The van der Waals surface area contributed by atoms with Crippen LogP contribution in [0.2, 0.25) is 0 Å². The van der Waals surface area contributed by atoms with Crippen LogP contribution < -0.4 is 5.32 Å². The van der Waals surface area contributed by atoms with Crippen molar-refractivity contribution in [2.24, 2.45) is 10.8 Å². The highest BCUT2D eigenvalue weighted by Gasteiger charge is 2.51. The molecule has 1 aliphatic carbocycles. The molecule has 2 atom stereocenters. The molecular weight excluding hydrogens is 282 g/mol. The van der Waals surface area contributed by atoms with E-state index >= 15 is 0 Å². The Kier molecular flexibility index (Phi) is 3.30. The average molecular weight is 305 g/mol. The van der Waals surface area contributed by atoms with Gasteiger partial charge in [-0.25, -0.2) is 0 Å². The van der Waals surface area contributed by atoms with Gasteiger partial charge in [-0.1, -0.05) is 25.9 Å². The summed E-state index contributed by atoms with van der Waals surface area (Å²) in [6.07, 6.45) is 3.02. The molecule has 1 aliphatic heterocycles. The Balaban J connectivity index is 1.71. The van der Waals surface area contributed by atoms with E-state index in [1.165, 1.54) is 0 Å². The first kappa shape index (κ1) is 15.1. The van der Waals surface area contributed by atoms with Crippen LogP contribution in [0, 0.1) is 17.8 Å². The molecule has 2 heterocycles. The molecule has 2 bridgehead atoms. The largest absolute Gasteiger partial charge is 0.360 e. The van der Waals surface area contributed by atoms with E-state index in [4.69, 9.17) is 4.52 Å². The molecule has 0 spiro atoms. The van der Waals surface area contributed by atoms with Gasteiger partial charge in [0.25, 0.3) is 0 Å². The molecule has 1 aromatic heterocycles. The fourth-order valence-electron chi connectivity index (χ4n) is 4.42. The van der Waals surface area contributed by atoms with Crippen molar-refractivity contribution in [3.8, 4) is 0 Å². The van der Waals surface area contributed by atoms with E-state index in [0.717, 1.165) is 19.3 Å². The van der Waals surface area contributed by atoms with Crippen molar-refractivity contribution in [2.75, 3.05) is 11.9 Å². The highest BCUT2D eigenvalue weighted by molar-refractivity contribution is 6.39. The van der Waals surface area contributed by atoms with Gasteiger partial charge in [0.05, 0.1) is 0 Å². The maximum Gasteiger partial charge on any atom is 0.315 e. The number of anilines is 1. The number of carbonyl (C=O) groups excluding carboxylic acids is 2. The third-order valence-electron chi connectivity index (χ3n) is 4.74. The van der Waals surface area contributed by atoms with Gasteiger partial charge in [0, 0.05) is 18.7 Å². The Morgan fingerprint density at radius 3 is 2.73 bits per heavy atom. The van der Waals surface area contributed by atoms with Gasteiger partial charge >= 0.3 is 11.8 Å². The van der Waals surface area contributed by atoms with Crippen LogP contribution in [0.5, 0.6) is 0 Å². The van der Waals surface area contributed by atoms with Crippen LogP contribution in [0.3, 0.4) is 0 Å². The molecule has 2 unspecified atom stereocenters. The Morgan fingerprint density at radius 1 is 1.36 bits per heavy atom. The quantitative estimate of drug-likeness (QED) is 0.808. The number of hydrogen-bond acceptors (Lipinski definition) is 4. The number of nitrogens with one attached hydrogen (secondary N) is 1. The van der Waals surface area contributed by atoms with Gasteiger partial charge in [-0.2, -0.15) is 0 Å². The Bertz CT molecular complexity index is 622. The Morgan fingerprint density at radius 2 is 2.09 bits per heavy atom. The summed E-state index contributed by atoms with van der Waals surface area (Å²) in [5, 5.41) is 6.21. The first-order chi connectivity index (χ1) is 10.2. The van der Waals surface area contributed by atoms with E-state index in [2.05, 4.69) is 31.2 Å². The minimum absolute atomic E-state index is 0.118. The maximum atomic E-state index is 12.5. The van der Waals surface area contributed by atoms with Crippen molar-refractivity contribution in [2.45, 2.75) is 53.0 Å². The van der Waals surface area contributed by atoms with Gasteiger partial charge in [-0.05, 0) is 37.0 Å². The van der Waals surface area contributed by atoms with Gasteiger partial charge in [0.2, 0.25) is 0 Å². The number of nitrogens with zero attached hydrogens (tertiary/aromatic N) is 2. The molecule has 1 aromatic rings. The number of amides is 2. The smallest absolute Gasteiger partial charge is 0.315 e. The summed E-state index contributed by atoms with van der Waals surface area (Å²) in [6, 6.07) is 1.75. The summed E-state index contributed by atoms with van der Waals surface area (Å²) in [5.41, 5.74) is 0.333. The fraction of sp³-hybridized carbons (Fsp3) is 0.688. The number of aromatic nitrogens is 1. The summed E-state index contributed by atoms with van der Waals surface area (Å²) < 4.78 is 4.89. The minimum atomic E-state index is -0.637. The zero-order valence-electron chi connectivity index (χ0n) is 13.6. The van der Waals surface area contributed by atoms with Crippen molar-refractivity contribution >= 4 is 17.6 Å². The lowest BCUT2D eigenvalue weighted by Gasteiger charge is -2.39. The van der Waals surface area contributed by atoms with Crippen molar-refractivity contribution in [1.82, 2.24) is 10.1 Å². The molecule has 120 valence electrons. The first-order valence-corrected chi connectivity index (χ1v) is 7.73. The minimum Gasteiger partial charge on any atom is -0.360 e. The molecule has 1 saturated heterocycles. The van der Waals surface area contributed by atoms with E-state index in [9.17, 15) is 9.59 Å². The lowest BCUT2D eigenvalue weighted by molar-refractivity contribution is -0.144. The molecular formula is C16H23N3O3. The third kappa shape index (κ3) is 2.74. The van der Waals surface area contributed by atoms with Crippen molar-refractivity contribution in [3.05, 3.63) is 11.8 Å². The average Bonchev–Trinajstić information content (AvgIpc) is 2.88. The lowest BCUT2D eigenvalue weighted by atomic mass is 9.65. The highest BCUT2D eigenvalue weighted by Crippen LogP contribution is 2.52.